The predicted octanol–water partition coefficient (Wildman–Crippen LogP) is 0.833. The summed E-state index contributed by atoms with van der Waals surface area (Å²) in [5.41, 5.74) is 0.162. The van der Waals surface area contributed by atoms with Crippen molar-refractivity contribution in [3.05, 3.63) is 34.1 Å². The molecule has 66 valence electrons. The quantitative estimate of drug-likeness (QED) is 0.613. The van der Waals surface area contributed by atoms with Crippen molar-refractivity contribution in [3.8, 4) is 0 Å². The van der Waals surface area contributed by atoms with Gasteiger partial charge >= 0.3 is 0 Å². The summed E-state index contributed by atoms with van der Waals surface area (Å²) in [5.74, 6) is 0. The smallest absolute Gasteiger partial charge is 0.137 e. The summed E-state index contributed by atoms with van der Waals surface area (Å²) >= 11 is 0. The molecule has 0 atom stereocenters. The zero-order valence-electron chi connectivity index (χ0n) is 6.02. The average Bonchev–Trinajstić information content (AvgIpc) is 2.04. The number of hydrogen-bond acceptors (Lipinski definition) is 4. The summed E-state index contributed by atoms with van der Waals surface area (Å²) in [6, 6.07) is 6.10. The van der Waals surface area contributed by atoms with Gasteiger partial charge in [0.05, 0.1) is 0 Å². The van der Waals surface area contributed by atoms with E-state index in [4.69, 9.17) is 0 Å². The van der Waals surface area contributed by atoms with Crippen LogP contribution >= 0.6 is 0 Å². The van der Waals surface area contributed by atoms with E-state index in [1.54, 1.807) is 12.1 Å². The summed E-state index contributed by atoms with van der Waals surface area (Å²) < 4.78 is 0. The highest BCUT2D eigenvalue weighted by Crippen LogP contribution is 2.25. The van der Waals surface area contributed by atoms with Crippen molar-refractivity contribution in [2.24, 2.45) is 10.4 Å². The largest absolute Gasteiger partial charge is 0.412 e. The molecule has 0 saturated heterocycles. The molecule has 0 spiro atoms. The van der Waals surface area contributed by atoms with Gasteiger partial charge in [0.25, 0.3) is 0 Å². The Kier molecular flexibility index (Phi) is 6.57. The first-order valence-corrected chi connectivity index (χ1v) is 2.64. The van der Waals surface area contributed by atoms with Gasteiger partial charge in [-0.1, -0.05) is 12.1 Å². The molecule has 0 saturated carbocycles. The molecule has 0 aliphatic rings. The van der Waals surface area contributed by atoms with E-state index in [0.29, 0.717) is 0 Å². The van der Waals surface area contributed by atoms with E-state index >= 15 is 0 Å². The van der Waals surface area contributed by atoms with E-state index in [9.17, 15) is 9.81 Å². The zero-order valence-corrected chi connectivity index (χ0v) is 6.02. The van der Waals surface area contributed by atoms with Crippen LogP contribution in [-0.4, -0.2) is 11.0 Å². The molecule has 0 radical (unpaired) electrons. The number of rotatable bonds is 2. The third-order valence-corrected chi connectivity index (χ3v) is 1.08. The maximum Gasteiger partial charge on any atom is 0.137 e. The van der Waals surface area contributed by atoms with Crippen molar-refractivity contribution in [1.29, 1.82) is 0 Å². The predicted molar refractivity (Wildman–Crippen MR) is 44.6 cm³/mol. The molecule has 0 bridgehead atoms. The van der Waals surface area contributed by atoms with Crippen LogP contribution in [0.2, 0.25) is 0 Å². The van der Waals surface area contributed by atoms with Crippen molar-refractivity contribution in [1.82, 2.24) is 0 Å². The average molecular weight is 172 g/mol. The first-order chi connectivity index (χ1) is 4.88. The Bertz CT molecular complexity index is 236. The minimum Gasteiger partial charge on any atom is -0.412 e. The molecule has 1 aromatic carbocycles. The molecule has 0 unspecified atom stereocenters. The number of nitroso groups, excluding NO2 is 2. The lowest BCUT2D eigenvalue weighted by molar-refractivity contribution is 0.823. The minimum atomic E-state index is 0. The Morgan fingerprint density at radius 1 is 0.833 bits per heavy atom. The summed E-state index contributed by atoms with van der Waals surface area (Å²) in [6.45, 7) is 0. The molecule has 12 heavy (non-hydrogen) atoms. The molecular weight excluding hydrogens is 164 g/mol. The fourth-order valence-corrected chi connectivity index (χ4v) is 0.619. The van der Waals surface area contributed by atoms with Crippen LogP contribution in [0.1, 0.15) is 0 Å². The fourth-order valence-electron chi connectivity index (χ4n) is 0.619. The monoisotopic (exact) mass is 172 g/mol. The summed E-state index contributed by atoms with van der Waals surface area (Å²) in [4.78, 5) is 19.9. The number of hydrogen-bond donors (Lipinski definition) is 0. The molecule has 0 fully saturated rings. The summed E-state index contributed by atoms with van der Waals surface area (Å²) in [7, 11) is 0. The van der Waals surface area contributed by atoms with Gasteiger partial charge in [0.15, 0.2) is 0 Å². The van der Waals surface area contributed by atoms with Crippen LogP contribution in [0, 0.1) is 9.81 Å². The minimum absolute atomic E-state index is 0. The summed E-state index contributed by atoms with van der Waals surface area (Å²) in [5, 5.41) is 5.20. The van der Waals surface area contributed by atoms with Crippen molar-refractivity contribution < 1.29 is 11.0 Å². The molecule has 1 rings (SSSR count). The lowest BCUT2D eigenvalue weighted by Crippen LogP contribution is -1.62. The molecule has 0 aliphatic carbocycles. The molecule has 0 heterocycles. The van der Waals surface area contributed by atoms with Gasteiger partial charge in [-0.15, -0.1) is 9.81 Å². The van der Waals surface area contributed by atoms with E-state index in [1.165, 1.54) is 12.1 Å². The van der Waals surface area contributed by atoms with E-state index in [1.807, 2.05) is 0 Å². The normalized spacial score (nSPS) is 7.33. The van der Waals surface area contributed by atoms with Crippen LogP contribution in [0.3, 0.4) is 0 Å². The van der Waals surface area contributed by atoms with Crippen LogP contribution in [0.25, 0.3) is 0 Å². The van der Waals surface area contributed by atoms with Gasteiger partial charge in [-0.25, -0.2) is 0 Å². The maximum atomic E-state index is 9.94. The van der Waals surface area contributed by atoms with Crippen molar-refractivity contribution in [3.63, 3.8) is 0 Å². The van der Waals surface area contributed by atoms with Crippen molar-refractivity contribution in [2.75, 3.05) is 0 Å². The van der Waals surface area contributed by atoms with Gasteiger partial charge in [0.1, 0.15) is 11.4 Å². The van der Waals surface area contributed by atoms with E-state index < -0.39 is 0 Å². The van der Waals surface area contributed by atoms with Crippen LogP contribution in [0.5, 0.6) is 0 Å². The van der Waals surface area contributed by atoms with Crippen LogP contribution in [0.15, 0.2) is 34.6 Å². The van der Waals surface area contributed by atoms with Gasteiger partial charge in [0.2, 0.25) is 0 Å². The van der Waals surface area contributed by atoms with Gasteiger partial charge in [0, 0.05) is 0 Å². The Morgan fingerprint density at radius 3 is 1.42 bits per heavy atom. The third kappa shape index (κ3) is 2.52. The van der Waals surface area contributed by atoms with Gasteiger partial charge in [-0.2, -0.15) is 0 Å². The number of benzene rings is 1. The molecule has 1 aromatic rings. The first-order valence-electron chi connectivity index (χ1n) is 2.64. The van der Waals surface area contributed by atoms with Gasteiger partial charge < -0.3 is 11.0 Å². The third-order valence-electron chi connectivity index (χ3n) is 1.08. The summed E-state index contributed by atoms with van der Waals surface area (Å²) in [6.07, 6.45) is 0. The highest BCUT2D eigenvalue weighted by Gasteiger charge is 1.98. The standard InChI is InChI=1S/C6H4N2O2.2H2O/c9-7-5-3-1-2-4-6(5)8-10;;/h1-4H;2*1H2. The van der Waals surface area contributed by atoms with Crippen molar-refractivity contribution >= 4 is 11.4 Å². The second kappa shape index (κ2) is 6.08. The molecular formula is C6H8N2O4. The van der Waals surface area contributed by atoms with Crippen LogP contribution in [-0.2, 0) is 0 Å². The number of nitrogens with zero attached hydrogens (tertiary/aromatic N) is 2. The Morgan fingerprint density at radius 2 is 1.17 bits per heavy atom. The zero-order chi connectivity index (χ0) is 7.40. The second-order valence-electron chi connectivity index (χ2n) is 1.67. The van der Waals surface area contributed by atoms with Gasteiger partial charge in [-0.05, 0) is 22.5 Å². The fraction of sp³-hybridized carbons (Fsp3) is 0. The molecule has 0 aliphatic heterocycles. The van der Waals surface area contributed by atoms with Crippen molar-refractivity contribution in [2.45, 2.75) is 0 Å². The molecule has 4 N–H and O–H groups in total. The van der Waals surface area contributed by atoms with E-state index in [0.717, 1.165) is 0 Å². The SMILES string of the molecule is O.O.O=Nc1ccccc1N=O. The van der Waals surface area contributed by atoms with Crippen LogP contribution in [0.4, 0.5) is 11.4 Å². The van der Waals surface area contributed by atoms with Crippen LogP contribution < -0.4 is 0 Å². The molecule has 0 amide bonds. The second-order valence-corrected chi connectivity index (χ2v) is 1.67. The Hall–Kier alpha value is -1.66. The lowest BCUT2D eigenvalue weighted by atomic mass is 10.3. The van der Waals surface area contributed by atoms with E-state index in [2.05, 4.69) is 10.4 Å². The Balaban J connectivity index is 0. The highest BCUT2D eigenvalue weighted by atomic mass is 16.3. The first kappa shape index (κ1) is 13.0. The van der Waals surface area contributed by atoms with E-state index in [-0.39, 0.29) is 22.3 Å². The lowest BCUT2D eigenvalue weighted by Gasteiger charge is -1.88. The molecule has 6 heteroatoms. The Labute approximate surface area is 67.8 Å². The highest BCUT2D eigenvalue weighted by molar-refractivity contribution is 5.60. The van der Waals surface area contributed by atoms with Gasteiger partial charge in [-0.3, -0.25) is 0 Å². The molecule has 0 aromatic heterocycles. The molecule has 6 nitrogen and oxygen atoms in total. The topological polar surface area (TPSA) is 122 Å². The maximum absolute atomic E-state index is 9.94.